The number of cyclic esters (lactones) is 1. The van der Waals surface area contributed by atoms with Gasteiger partial charge in [-0.15, -0.1) is 0 Å². The van der Waals surface area contributed by atoms with Crippen LogP contribution in [0.2, 0.25) is 0 Å². The largest absolute Gasteiger partial charge is 0.493 e. The Morgan fingerprint density at radius 3 is 2.62 bits per heavy atom. The molecule has 0 fully saturated rings. The molecule has 0 unspecified atom stereocenters. The molecule has 1 N–H and O–H groups in total. The summed E-state index contributed by atoms with van der Waals surface area (Å²) in [6, 6.07) is 3.37. The van der Waals surface area contributed by atoms with Gasteiger partial charge in [-0.05, 0) is 25.1 Å². The van der Waals surface area contributed by atoms with Gasteiger partial charge in [-0.25, -0.2) is 4.79 Å². The zero-order chi connectivity index (χ0) is 18.4. The van der Waals surface area contributed by atoms with Gasteiger partial charge in [0.05, 0.1) is 14.2 Å². The van der Waals surface area contributed by atoms with Gasteiger partial charge < -0.3 is 28.7 Å². The Hall–Kier alpha value is -3.42. The zero-order valence-electron chi connectivity index (χ0n) is 14.3. The van der Waals surface area contributed by atoms with E-state index in [-0.39, 0.29) is 18.1 Å². The van der Waals surface area contributed by atoms with Gasteiger partial charge in [0.15, 0.2) is 11.5 Å². The molecule has 0 saturated heterocycles. The Balaban J connectivity index is 1.92. The van der Waals surface area contributed by atoms with Crippen molar-refractivity contribution in [3.05, 3.63) is 44.9 Å². The molecule has 0 bridgehead atoms. The Morgan fingerprint density at radius 1 is 1.12 bits per heavy atom. The van der Waals surface area contributed by atoms with Crippen LogP contribution in [-0.2, 0) is 4.74 Å². The fourth-order valence-corrected chi connectivity index (χ4v) is 3.04. The van der Waals surface area contributed by atoms with Crippen LogP contribution >= 0.6 is 0 Å². The van der Waals surface area contributed by atoms with Crippen molar-refractivity contribution in [2.45, 2.75) is 6.92 Å². The first-order valence-electron chi connectivity index (χ1n) is 7.76. The minimum absolute atomic E-state index is 0.0199. The number of carbonyl (C=O) groups is 1. The lowest BCUT2D eigenvalue weighted by Gasteiger charge is -2.12. The van der Waals surface area contributed by atoms with Crippen molar-refractivity contribution in [2.24, 2.45) is 0 Å². The number of pyridine rings is 1. The number of hydrogen-bond donors (Lipinski definition) is 1. The summed E-state index contributed by atoms with van der Waals surface area (Å²) in [6.45, 7) is 1.78. The number of benzene rings is 1. The molecule has 3 heterocycles. The van der Waals surface area contributed by atoms with Crippen molar-refractivity contribution in [3.8, 4) is 23.0 Å². The Kier molecular flexibility index (Phi) is 3.61. The molecule has 0 saturated carbocycles. The monoisotopic (exact) mass is 357 g/mol. The van der Waals surface area contributed by atoms with Gasteiger partial charge in [0.1, 0.15) is 11.3 Å². The smallest absolute Gasteiger partial charge is 0.349 e. The van der Waals surface area contributed by atoms with Gasteiger partial charge in [0.2, 0.25) is 18.3 Å². The van der Waals surface area contributed by atoms with Gasteiger partial charge >= 0.3 is 5.97 Å². The number of hydrogen-bond acceptors (Lipinski definition) is 7. The summed E-state index contributed by atoms with van der Waals surface area (Å²) in [5, 5.41) is 0. The molecule has 0 aliphatic carbocycles. The molecular formula is C18H15NO7. The van der Waals surface area contributed by atoms with Crippen LogP contribution in [0, 0.1) is 6.92 Å². The average Bonchev–Trinajstić information content (AvgIpc) is 3.19. The number of aromatic nitrogens is 1. The molecule has 0 radical (unpaired) electrons. The van der Waals surface area contributed by atoms with E-state index in [1.165, 1.54) is 14.2 Å². The van der Waals surface area contributed by atoms with E-state index in [1.54, 1.807) is 25.1 Å². The third kappa shape index (κ3) is 2.30. The van der Waals surface area contributed by atoms with Crippen LogP contribution in [0.15, 0.2) is 16.9 Å². The number of esters is 1. The molecule has 0 amide bonds. The highest BCUT2D eigenvalue weighted by Gasteiger charge is 2.32. The molecule has 8 nitrogen and oxygen atoms in total. The number of H-pyrrole nitrogens is 1. The quantitative estimate of drug-likeness (QED) is 0.840. The second-order valence-corrected chi connectivity index (χ2v) is 5.73. The van der Waals surface area contributed by atoms with Crippen molar-refractivity contribution in [1.29, 1.82) is 0 Å². The normalized spacial score (nSPS) is 15.8. The van der Waals surface area contributed by atoms with Gasteiger partial charge in [-0.2, -0.15) is 0 Å². The standard InChI is InChI=1S/C18H15NO7/c1-8-4-10-11(26-18(21)13(10)17(20)19-8)5-9-6-12(22-2)15-16(14(9)23-3)25-7-24-15/h4-6H,7H2,1-3H3,(H,19,20)/b11-5+. The Labute approximate surface area is 147 Å². The zero-order valence-corrected chi connectivity index (χ0v) is 14.3. The van der Waals surface area contributed by atoms with Crippen molar-refractivity contribution in [3.63, 3.8) is 0 Å². The van der Waals surface area contributed by atoms with Gasteiger partial charge in [0.25, 0.3) is 5.56 Å². The summed E-state index contributed by atoms with van der Waals surface area (Å²) in [5.41, 5.74) is 1.10. The van der Waals surface area contributed by atoms with Gasteiger partial charge in [0, 0.05) is 16.8 Å². The fraction of sp³-hybridized carbons (Fsp3) is 0.222. The SMILES string of the molecule is COc1cc(/C=C2/OC(=O)c3c2cc(C)[nH]c3=O)c(OC)c2c1OCO2. The third-order valence-corrected chi connectivity index (χ3v) is 4.14. The molecular weight excluding hydrogens is 342 g/mol. The topological polar surface area (TPSA) is 96.1 Å². The lowest BCUT2D eigenvalue weighted by atomic mass is 10.1. The molecule has 2 aromatic rings. The van der Waals surface area contributed by atoms with Crippen molar-refractivity contribution in [1.82, 2.24) is 4.98 Å². The van der Waals surface area contributed by atoms with Crippen LogP contribution in [0.25, 0.3) is 11.8 Å². The summed E-state index contributed by atoms with van der Waals surface area (Å²) in [5.74, 6) is 1.28. The maximum Gasteiger partial charge on any atom is 0.349 e. The van der Waals surface area contributed by atoms with Crippen LogP contribution < -0.4 is 24.5 Å². The van der Waals surface area contributed by atoms with Crippen LogP contribution in [0.5, 0.6) is 23.0 Å². The molecule has 26 heavy (non-hydrogen) atoms. The number of ether oxygens (including phenoxy) is 5. The van der Waals surface area contributed by atoms with Crippen molar-refractivity contribution >= 4 is 17.8 Å². The molecule has 1 aromatic carbocycles. The lowest BCUT2D eigenvalue weighted by Crippen LogP contribution is -2.16. The number of methoxy groups -OCH3 is 2. The highest BCUT2D eigenvalue weighted by molar-refractivity contribution is 6.05. The Morgan fingerprint density at radius 2 is 1.88 bits per heavy atom. The Bertz CT molecular complexity index is 1020. The number of carbonyl (C=O) groups excluding carboxylic acids is 1. The van der Waals surface area contributed by atoms with E-state index in [0.29, 0.717) is 39.8 Å². The van der Waals surface area contributed by atoms with Crippen molar-refractivity contribution in [2.75, 3.05) is 21.0 Å². The second-order valence-electron chi connectivity index (χ2n) is 5.73. The minimum atomic E-state index is -0.695. The molecule has 8 heteroatoms. The first-order valence-corrected chi connectivity index (χ1v) is 7.76. The first kappa shape index (κ1) is 16.1. The minimum Gasteiger partial charge on any atom is -0.493 e. The van der Waals surface area contributed by atoms with Crippen molar-refractivity contribution < 1.29 is 28.5 Å². The summed E-state index contributed by atoms with van der Waals surface area (Å²) in [7, 11) is 3.00. The van der Waals surface area contributed by atoms with E-state index in [4.69, 9.17) is 23.7 Å². The average molecular weight is 357 g/mol. The number of aryl methyl sites for hydroxylation is 1. The fourth-order valence-electron chi connectivity index (χ4n) is 3.04. The third-order valence-electron chi connectivity index (χ3n) is 4.14. The second kappa shape index (κ2) is 5.83. The van der Waals surface area contributed by atoms with E-state index < -0.39 is 11.5 Å². The van der Waals surface area contributed by atoms with E-state index in [1.807, 2.05) is 0 Å². The number of fused-ring (bicyclic) bond motifs is 2. The molecule has 2 aliphatic heterocycles. The molecule has 134 valence electrons. The number of aromatic amines is 1. The van der Waals surface area contributed by atoms with E-state index in [2.05, 4.69) is 4.98 Å². The maximum absolute atomic E-state index is 12.1. The maximum atomic E-state index is 12.1. The molecule has 2 aliphatic rings. The molecule has 0 atom stereocenters. The molecule has 4 rings (SSSR count). The highest BCUT2D eigenvalue weighted by atomic mass is 16.7. The van der Waals surface area contributed by atoms with Gasteiger partial charge in [-0.1, -0.05) is 0 Å². The summed E-state index contributed by atoms with van der Waals surface area (Å²) >= 11 is 0. The highest BCUT2D eigenvalue weighted by Crippen LogP contribution is 2.50. The van der Waals surface area contributed by atoms with Gasteiger partial charge in [-0.3, -0.25) is 4.79 Å². The molecule has 1 aromatic heterocycles. The summed E-state index contributed by atoms with van der Waals surface area (Å²) in [4.78, 5) is 26.7. The van der Waals surface area contributed by atoms with Crippen LogP contribution in [0.4, 0.5) is 0 Å². The summed E-state index contributed by atoms with van der Waals surface area (Å²) < 4.78 is 27.0. The summed E-state index contributed by atoms with van der Waals surface area (Å²) in [6.07, 6.45) is 1.60. The number of nitrogens with one attached hydrogen (secondary N) is 1. The van der Waals surface area contributed by atoms with Crippen LogP contribution in [-0.4, -0.2) is 32.0 Å². The predicted octanol–water partition coefficient (Wildman–Crippen LogP) is 2.10. The van der Waals surface area contributed by atoms with E-state index in [0.717, 1.165) is 0 Å². The van der Waals surface area contributed by atoms with E-state index in [9.17, 15) is 9.59 Å². The number of rotatable bonds is 3. The van der Waals surface area contributed by atoms with E-state index >= 15 is 0 Å². The lowest BCUT2D eigenvalue weighted by molar-refractivity contribution is 0.0715. The predicted molar refractivity (Wildman–Crippen MR) is 90.8 cm³/mol. The van der Waals surface area contributed by atoms with Crippen LogP contribution in [0.1, 0.15) is 27.2 Å². The first-order chi connectivity index (χ1) is 12.5. The molecule has 0 spiro atoms. The van der Waals surface area contributed by atoms with Crippen LogP contribution in [0.3, 0.4) is 0 Å².